The van der Waals surface area contributed by atoms with Gasteiger partial charge in [0.25, 0.3) is 0 Å². The Morgan fingerprint density at radius 1 is 1.03 bits per heavy atom. The molecule has 1 fully saturated rings. The van der Waals surface area contributed by atoms with Crippen molar-refractivity contribution >= 4 is 17.9 Å². The topological polar surface area (TPSA) is 128 Å². The molecule has 214 valence electrons. The van der Waals surface area contributed by atoms with Crippen molar-refractivity contribution in [2.45, 2.75) is 116 Å². The molecule has 1 aliphatic carbocycles. The van der Waals surface area contributed by atoms with Crippen LogP contribution < -0.4 is 10.6 Å². The lowest BCUT2D eigenvalue weighted by molar-refractivity contribution is -0.143. The number of unbranched alkanes of at least 4 members (excludes halogenated alkanes) is 4. The smallest absolute Gasteiger partial charge is 0.408 e. The van der Waals surface area contributed by atoms with Crippen LogP contribution in [0.3, 0.4) is 0 Å². The van der Waals surface area contributed by atoms with Gasteiger partial charge in [-0.05, 0) is 57.7 Å². The number of rotatable bonds is 13. The molecule has 0 spiro atoms. The fourth-order valence-electron chi connectivity index (χ4n) is 4.74. The van der Waals surface area contributed by atoms with Crippen LogP contribution in [0.4, 0.5) is 4.79 Å². The Kier molecular flexibility index (Phi) is 12.9. The minimum absolute atomic E-state index is 0.0332. The summed E-state index contributed by atoms with van der Waals surface area (Å²) in [6.45, 7) is 6.89. The molecule has 0 aliphatic heterocycles. The highest BCUT2D eigenvalue weighted by Crippen LogP contribution is 2.27. The third kappa shape index (κ3) is 10.5. The summed E-state index contributed by atoms with van der Waals surface area (Å²) in [5.41, 5.74) is -0.229. The van der Waals surface area contributed by atoms with Crippen LogP contribution in [0.15, 0.2) is 24.3 Å². The van der Waals surface area contributed by atoms with Crippen LogP contribution in [0.2, 0.25) is 0 Å². The van der Waals surface area contributed by atoms with Crippen molar-refractivity contribution in [2.24, 2.45) is 0 Å². The number of nitrogens with zero attached hydrogens (tertiary/aromatic N) is 1. The molecule has 4 N–H and O–H groups in total. The summed E-state index contributed by atoms with van der Waals surface area (Å²) in [7, 11) is 0. The number of amides is 3. The maximum Gasteiger partial charge on any atom is 0.408 e. The molecule has 1 aromatic carbocycles. The predicted molar refractivity (Wildman–Crippen MR) is 147 cm³/mol. The molecule has 1 saturated carbocycles. The summed E-state index contributed by atoms with van der Waals surface area (Å²) in [6.07, 6.45) is 8.90. The van der Waals surface area contributed by atoms with Gasteiger partial charge < -0.3 is 30.5 Å². The number of aliphatic hydroxyl groups excluding tert-OH is 1. The van der Waals surface area contributed by atoms with Crippen LogP contribution >= 0.6 is 0 Å². The van der Waals surface area contributed by atoms with E-state index in [9.17, 15) is 24.6 Å². The zero-order valence-corrected chi connectivity index (χ0v) is 23.5. The number of nitrogens with one attached hydrogen (secondary N) is 2. The molecule has 3 amide bonds. The first-order valence-electron chi connectivity index (χ1n) is 14.1. The van der Waals surface area contributed by atoms with Crippen LogP contribution in [0.25, 0.3) is 0 Å². The van der Waals surface area contributed by atoms with Crippen molar-refractivity contribution in [2.75, 3.05) is 13.2 Å². The molecule has 2 atom stereocenters. The van der Waals surface area contributed by atoms with Gasteiger partial charge in [-0.15, -0.1) is 0 Å². The molecule has 0 aromatic heterocycles. The van der Waals surface area contributed by atoms with Crippen molar-refractivity contribution < 1.29 is 29.3 Å². The number of phenols is 1. The van der Waals surface area contributed by atoms with Crippen molar-refractivity contribution in [3.63, 3.8) is 0 Å². The van der Waals surface area contributed by atoms with Gasteiger partial charge in [-0.25, -0.2) is 4.79 Å². The van der Waals surface area contributed by atoms with Crippen LogP contribution in [0.5, 0.6) is 5.75 Å². The normalized spacial score (nSPS) is 15.8. The Hall–Kier alpha value is -2.81. The Morgan fingerprint density at radius 3 is 2.24 bits per heavy atom. The Labute approximate surface area is 227 Å². The Morgan fingerprint density at radius 2 is 1.66 bits per heavy atom. The number of benzene rings is 1. The lowest BCUT2D eigenvalue weighted by atomic mass is 9.94. The molecule has 1 aliphatic rings. The number of hydrogen-bond donors (Lipinski definition) is 4. The number of aromatic hydroxyl groups is 1. The standard InChI is InChI=1S/C29H47N3O6/c1-5-6-7-8-12-19-32(27(36)24(20-33)31-28(37)38-29(2,3)4)25(21-15-17-23(34)18-16-21)26(35)30-22-13-10-9-11-14-22/h15-18,22,24-25,33-34H,5-14,19-20H2,1-4H3,(H,30,35)(H,31,37). The largest absolute Gasteiger partial charge is 0.508 e. The number of phenolic OH excluding ortho intramolecular Hbond substituents is 1. The summed E-state index contributed by atoms with van der Waals surface area (Å²) in [5.74, 6) is -0.818. The molecular weight excluding hydrogens is 486 g/mol. The summed E-state index contributed by atoms with van der Waals surface area (Å²) in [5, 5.41) is 25.5. The zero-order valence-electron chi connectivity index (χ0n) is 23.5. The van der Waals surface area contributed by atoms with Gasteiger partial charge in [0.05, 0.1) is 6.61 Å². The Balaban J connectivity index is 2.37. The van der Waals surface area contributed by atoms with E-state index in [0.29, 0.717) is 12.0 Å². The van der Waals surface area contributed by atoms with E-state index in [0.717, 1.165) is 57.8 Å². The monoisotopic (exact) mass is 533 g/mol. The maximum atomic E-state index is 13.8. The highest BCUT2D eigenvalue weighted by atomic mass is 16.6. The third-order valence-electron chi connectivity index (χ3n) is 6.68. The van der Waals surface area contributed by atoms with E-state index < -0.39 is 36.3 Å². The molecule has 9 heteroatoms. The first-order chi connectivity index (χ1) is 18.1. The summed E-state index contributed by atoms with van der Waals surface area (Å²) < 4.78 is 5.29. The van der Waals surface area contributed by atoms with Crippen molar-refractivity contribution in [3.8, 4) is 5.75 Å². The number of alkyl carbamates (subject to hydrolysis) is 1. The Bertz CT molecular complexity index is 877. The summed E-state index contributed by atoms with van der Waals surface area (Å²) in [6, 6.07) is 4.02. The maximum absolute atomic E-state index is 13.8. The lowest BCUT2D eigenvalue weighted by Gasteiger charge is -2.35. The SMILES string of the molecule is CCCCCCCN(C(=O)C(CO)NC(=O)OC(C)(C)C)C(C(=O)NC1CCCCC1)c1ccc(O)cc1. The second-order valence-electron chi connectivity index (χ2n) is 11.2. The average molecular weight is 534 g/mol. The van der Waals surface area contributed by atoms with E-state index in [1.165, 1.54) is 17.0 Å². The number of ether oxygens (including phenoxy) is 1. The minimum atomic E-state index is -1.28. The molecular formula is C29H47N3O6. The number of carbonyl (C=O) groups is 3. The molecule has 38 heavy (non-hydrogen) atoms. The second-order valence-corrected chi connectivity index (χ2v) is 11.2. The molecule has 0 heterocycles. The van der Waals surface area contributed by atoms with E-state index >= 15 is 0 Å². The number of hydrogen-bond acceptors (Lipinski definition) is 6. The van der Waals surface area contributed by atoms with Crippen LogP contribution in [-0.2, 0) is 14.3 Å². The van der Waals surface area contributed by atoms with Crippen LogP contribution in [0, 0.1) is 0 Å². The summed E-state index contributed by atoms with van der Waals surface area (Å²) in [4.78, 5) is 41.5. The molecule has 0 bridgehead atoms. The van der Waals surface area contributed by atoms with Gasteiger partial charge in [-0.1, -0.05) is 64.0 Å². The van der Waals surface area contributed by atoms with E-state index in [1.807, 2.05) is 0 Å². The van der Waals surface area contributed by atoms with Gasteiger partial charge in [-0.3, -0.25) is 9.59 Å². The fourth-order valence-corrected chi connectivity index (χ4v) is 4.74. The fraction of sp³-hybridized carbons (Fsp3) is 0.690. The number of aliphatic hydroxyl groups is 1. The van der Waals surface area contributed by atoms with E-state index in [1.54, 1.807) is 32.9 Å². The van der Waals surface area contributed by atoms with Gasteiger partial charge in [0, 0.05) is 12.6 Å². The third-order valence-corrected chi connectivity index (χ3v) is 6.68. The molecule has 2 rings (SSSR count). The van der Waals surface area contributed by atoms with E-state index in [2.05, 4.69) is 17.6 Å². The minimum Gasteiger partial charge on any atom is -0.508 e. The molecule has 0 saturated heterocycles. The summed E-state index contributed by atoms with van der Waals surface area (Å²) >= 11 is 0. The first-order valence-corrected chi connectivity index (χ1v) is 14.1. The van der Waals surface area contributed by atoms with Crippen molar-refractivity contribution in [3.05, 3.63) is 29.8 Å². The number of carbonyl (C=O) groups excluding carboxylic acids is 3. The zero-order chi connectivity index (χ0) is 28.1. The van der Waals surface area contributed by atoms with Gasteiger partial charge in [0.2, 0.25) is 11.8 Å². The van der Waals surface area contributed by atoms with Crippen molar-refractivity contribution in [1.82, 2.24) is 15.5 Å². The average Bonchev–Trinajstić information content (AvgIpc) is 2.86. The first kappa shape index (κ1) is 31.4. The highest BCUT2D eigenvalue weighted by Gasteiger charge is 2.36. The molecule has 0 radical (unpaired) electrons. The predicted octanol–water partition coefficient (Wildman–Crippen LogP) is 4.57. The quantitative estimate of drug-likeness (QED) is 0.275. The van der Waals surface area contributed by atoms with E-state index in [4.69, 9.17) is 4.74 Å². The van der Waals surface area contributed by atoms with Crippen LogP contribution in [-0.4, -0.2) is 63.9 Å². The van der Waals surface area contributed by atoms with Crippen molar-refractivity contribution in [1.29, 1.82) is 0 Å². The van der Waals surface area contributed by atoms with Gasteiger partial charge in [0.1, 0.15) is 23.4 Å². The molecule has 2 unspecified atom stereocenters. The van der Waals surface area contributed by atoms with Gasteiger partial charge >= 0.3 is 6.09 Å². The highest BCUT2D eigenvalue weighted by molar-refractivity contribution is 5.92. The van der Waals surface area contributed by atoms with Gasteiger partial charge in [0.15, 0.2) is 0 Å². The molecule has 9 nitrogen and oxygen atoms in total. The van der Waals surface area contributed by atoms with E-state index in [-0.39, 0.29) is 24.2 Å². The second kappa shape index (κ2) is 15.6. The lowest BCUT2D eigenvalue weighted by Crippen LogP contribution is -2.55. The van der Waals surface area contributed by atoms with Crippen LogP contribution in [0.1, 0.15) is 104 Å². The molecule has 1 aromatic rings. The van der Waals surface area contributed by atoms with Gasteiger partial charge in [-0.2, -0.15) is 0 Å².